The molecule has 15 heavy (non-hydrogen) atoms. The second-order valence-electron chi connectivity index (χ2n) is 3.92. The fourth-order valence-electron chi connectivity index (χ4n) is 2.15. The van der Waals surface area contributed by atoms with Crippen molar-refractivity contribution < 1.29 is 5.21 Å². The van der Waals surface area contributed by atoms with Crippen LogP contribution in [0.25, 0.3) is 0 Å². The molecule has 2 nitrogen and oxygen atoms in total. The second-order valence-corrected chi connectivity index (χ2v) is 4.57. The van der Waals surface area contributed by atoms with Crippen molar-refractivity contribution in [2.24, 2.45) is 5.16 Å². The predicted molar refractivity (Wildman–Crippen MR) is 61.7 cm³/mol. The minimum atomic E-state index is -0.589. The van der Waals surface area contributed by atoms with Crippen LogP contribution in [-0.2, 0) is 4.87 Å². The first-order valence-electron chi connectivity index (χ1n) is 5.23. The SMILES string of the molecule is O/N=C1\CCCCC1(Cl)c1ccccc1. The summed E-state index contributed by atoms with van der Waals surface area (Å²) in [7, 11) is 0. The number of hydrogen-bond donors (Lipinski definition) is 1. The van der Waals surface area contributed by atoms with Crippen LogP contribution in [0.1, 0.15) is 31.2 Å². The van der Waals surface area contributed by atoms with E-state index in [9.17, 15) is 0 Å². The van der Waals surface area contributed by atoms with E-state index in [1.165, 1.54) is 0 Å². The summed E-state index contributed by atoms with van der Waals surface area (Å²) in [6, 6.07) is 9.86. The van der Waals surface area contributed by atoms with Crippen molar-refractivity contribution in [1.29, 1.82) is 0 Å². The Kier molecular flexibility index (Phi) is 2.96. The number of halogens is 1. The number of benzene rings is 1. The van der Waals surface area contributed by atoms with Gasteiger partial charge in [0.15, 0.2) is 0 Å². The van der Waals surface area contributed by atoms with E-state index in [-0.39, 0.29) is 0 Å². The third kappa shape index (κ3) is 1.86. The molecule has 1 aromatic rings. The van der Waals surface area contributed by atoms with Crippen LogP contribution in [0.3, 0.4) is 0 Å². The van der Waals surface area contributed by atoms with Gasteiger partial charge in [-0.05, 0) is 24.8 Å². The molecular weight excluding hydrogens is 210 g/mol. The number of rotatable bonds is 1. The van der Waals surface area contributed by atoms with Crippen molar-refractivity contribution in [2.45, 2.75) is 30.6 Å². The Morgan fingerprint density at radius 1 is 1.20 bits per heavy atom. The highest BCUT2D eigenvalue weighted by Gasteiger charge is 2.37. The van der Waals surface area contributed by atoms with E-state index >= 15 is 0 Å². The molecule has 0 aromatic heterocycles. The highest BCUT2D eigenvalue weighted by Crippen LogP contribution is 2.40. The van der Waals surface area contributed by atoms with E-state index in [1.807, 2.05) is 30.3 Å². The molecule has 0 amide bonds. The maximum atomic E-state index is 8.99. The van der Waals surface area contributed by atoms with Crippen molar-refractivity contribution in [1.82, 2.24) is 0 Å². The van der Waals surface area contributed by atoms with Crippen LogP contribution in [0.15, 0.2) is 35.5 Å². The van der Waals surface area contributed by atoms with E-state index in [0.29, 0.717) is 5.71 Å². The van der Waals surface area contributed by atoms with Gasteiger partial charge >= 0.3 is 0 Å². The molecule has 1 unspecified atom stereocenters. The topological polar surface area (TPSA) is 32.6 Å². The molecule has 0 spiro atoms. The van der Waals surface area contributed by atoms with Gasteiger partial charge in [0.05, 0.1) is 5.71 Å². The first kappa shape index (κ1) is 10.5. The fraction of sp³-hybridized carbons (Fsp3) is 0.417. The molecule has 1 N–H and O–H groups in total. The van der Waals surface area contributed by atoms with E-state index in [1.54, 1.807) is 0 Å². The van der Waals surface area contributed by atoms with Gasteiger partial charge in [0, 0.05) is 0 Å². The molecule has 1 saturated carbocycles. The van der Waals surface area contributed by atoms with Gasteiger partial charge in [0.2, 0.25) is 0 Å². The van der Waals surface area contributed by atoms with Gasteiger partial charge in [0.1, 0.15) is 4.87 Å². The Balaban J connectivity index is 2.39. The summed E-state index contributed by atoms with van der Waals surface area (Å²) in [5.74, 6) is 0. The molecule has 0 aliphatic heterocycles. The van der Waals surface area contributed by atoms with Gasteiger partial charge in [-0.25, -0.2) is 0 Å². The standard InChI is InChI=1S/C12H14ClNO/c13-12(10-6-2-1-3-7-10)9-5-4-8-11(12)14-15/h1-3,6-7,15H,4-5,8-9H2/b14-11+. The van der Waals surface area contributed by atoms with E-state index < -0.39 is 4.87 Å². The fourth-order valence-corrected chi connectivity index (χ4v) is 2.54. The summed E-state index contributed by atoms with van der Waals surface area (Å²) in [6.45, 7) is 0. The van der Waals surface area contributed by atoms with Crippen molar-refractivity contribution in [3.63, 3.8) is 0 Å². The van der Waals surface area contributed by atoms with Crippen molar-refractivity contribution in [2.75, 3.05) is 0 Å². The molecule has 0 bridgehead atoms. The van der Waals surface area contributed by atoms with Gasteiger partial charge < -0.3 is 5.21 Å². The van der Waals surface area contributed by atoms with E-state index in [0.717, 1.165) is 31.2 Å². The monoisotopic (exact) mass is 223 g/mol. The van der Waals surface area contributed by atoms with Crippen LogP contribution in [0, 0.1) is 0 Å². The maximum absolute atomic E-state index is 8.99. The molecule has 0 heterocycles. The summed E-state index contributed by atoms with van der Waals surface area (Å²) in [4.78, 5) is -0.589. The summed E-state index contributed by atoms with van der Waals surface area (Å²) in [5, 5.41) is 12.4. The molecule has 1 aromatic carbocycles. The number of alkyl halides is 1. The summed E-state index contributed by atoms with van der Waals surface area (Å²) < 4.78 is 0. The van der Waals surface area contributed by atoms with Crippen molar-refractivity contribution in [3.05, 3.63) is 35.9 Å². The first-order chi connectivity index (χ1) is 7.27. The molecule has 1 atom stereocenters. The Labute approximate surface area is 94.6 Å². The van der Waals surface area contributed by atoms with Gasteiger partial charge in [-0.3, -0.25) is 0 Å². The maximum Gasteiger partial charge on any atom is 0.111 e. The van der Waals surface area contributed by atoms with Crippen molar-refractivity contribution >= 4 is 17.3 Å². The van der Waals surface area contributed by atoms with Gasteiger partial charge in [-0.1, -0.05) is 41.9 Å². The molecule has 2 rings (SSSR count). The third-order valence-corrected chi connectivity index (χ3v) is 3.62. The normalized spacial score (nSPS) is 29.3. The molecule has 1 aliphatic carbocycles. The Hall–Kier alpha value is -1.02. The first-order valence-corrected chi connectivity index (χ1v) is 5.61. The average molecular weight is 224 g/mol. The van der Waals surface area contributed by atoms with Crippen LogP contribution in [0.2, 0.25) is 0 Å². The lowest BCUT2D eigenvalue weighted by atomic mass is 9.81. The smallest absolute Gasteiger partial charge is 0.111 e. The summed E-state index contributed by atoms with van der Waals surface area (Å²) in [6.07, 6.45) is 3.77. The molecule has 1 aliphatic rings. The molecule has 3 heteroatoms. The van der Waals surface area contributed by atoms with Crippen LogP contribution < -0.4 is 0 Å². The Morgan fingerprint density at radius 2 is 1.93 bits per heavy atom. The van der Waals surface area contributed by atoms with E-state index in [4.69, 9.17) is 16.8 Å². The van der Waals surface area contributed by atoms with Gasteiger partial charge in [-0.2, -0.15) is 0 Å². The van der Waals surface area contributed by atoms with Gasteiger partial charge in [0.25, 0.3) is 0 Å². The lowest BCUT2D eigenvalue weighted by Crippen LogP contribution is -2.33. The zero-order valence-corrected chi connectivity index (χ0v) is 9.24. The largest absolute Gasteiger partial charge is 0.411 e. The molecule has 80 valence electrons. The van der Waals surface area contributed by atoms with Crippen LogP contribution >= 0.6 is 11.6 Å². The highest BCUT2D eigenvalue weighted by molar-refractivity contribution is 6.36. The zero-order chi connectivity index (χ0) is 10.7. The highest BCUT2D eigenvalue weighted by atomic mass is 35.5. The van der Waals surface area contributed by atoms with Crippen molar-refractivity contribution in [3.8, 4) is 0 Å². The predicted octanol–water partition coefficient (Wildman–Crippen LogP) is 3.52. The second kappa shape index (κ2) is 4.23. The molecule has 0 saturated heterocycles. The average Bonchev–Trinajstić information content (AvgIpc) is 2.31. The number of oxime groups is 1. The third-order valence-electron chi connectivity index (χ3n) is 2.99. The van der Waals surface area contributed by atoms with E-state index in [2.05, 4.69) is 5.16 Å². The molecular formula is C12H14ClNO. The minimum Gasteiger partial charge on any atom is -0.411 e. The lowest BCUT2D eigenvalue weighted by Gasteiger charge is -2.32. The lowest BCUT2D eigenvalue weighted by molar-refractivity contribution is 0.310. The Bertz CT molecular complexity index is 363. The van der Waals surface area contributed by atoms with Crippen LogP contribution in [0.4, 0.5) is 0 Å². The van der Waals surface area contributed by atoms with Crippen LogP contribution in [-0.4, -0.2) is 10.9 Å². The molecule has 1 fully saturated rings. The molecule has 0 radical (unpaired) electrons. The summed E-state index contributed by atoms with van der Waals surface area (Å²) >= 11 is 6.58. The van der Waals surface area contributed by atoms with Crippen LogP contribution in [0.5, 0.6) is 0 Å². The zero-order valence-electron chi connectivity index (χ0n) is 8.49. The quantitative estimate of drug-likeness (QED) is 0.441. The van der Waals surface area contributed by atoms with Gasteiger partial charge in [-0.15, -0.1) is 11.6 Å². The Morgan fingerprint density at radius 3 is 2.60 bits per heavy atom. The number of nitrogens with zero attached hydrogens (tertiary/aromatic N) is 1. The minimum absolute atomic E-state index is 0.589. The summed E-state index contributed by atoms with van der Waals surface area (Å²) in [5.41, 5.74) is 1.72. The number of hydrogen-bond acceptors (Lipinski definition) is 2.